The molecule has 4 rings (SSSR count). The van der Waals surface area contributed by atoms with E-state index in [9.17, 15) is 13.2 Å². The molecule has 0 radical (unpaired) electrons. The van der Waals surface area contributed by atoms with Crippen molar-refractivity contribution in [2.45, 2.75) is 57.5 Å². The lowest BCUT2D eigenvalue weighted by Crippen LogP contribution is -2.30. The van der Waals surface area contributed by atoms with Crippen LogP contribution < -0.4 is 10.3 Å². The Hall–Kier alpha value is -2.71. The topological polar surface area (TPSA) is 94.2 Å². The van der Waals surface area contributed by atoms with Crippen molar-refractivity contribution in [3.05, 3.63) is 69.4 Å². The molecule has 158 valence electrons. The molecule has 0 aliphatic heterocycles. The van der Waals surface area contributed by atoms with E-state index in [2.05, 4.69) is 9.82 Å². The third-order valence-corrected chi connectivity index (χ3v) is 7.08. The Balaban J connectivity index is 1.78. The van der Waals surface area contributed by atoms with E-state index in [0.717, 1.165) is 36.8 Å². The highest BCUT2D eigenvalue weighted by Gasteiger charge is 2.23. The number of sulfonamides is 1. The zero-order valence-electron chi connectivity index (χ0n) is 17.1. The van der Waals surface area contributed by atoms with Gasteiger partial charge in [-0.2, -0.15) is 5.10 Å². The van der Waals surface area contributed by atoms with Crippen molar-refractivity contribution in [1.82, 2.24) is 14.5 Å². The van der Waals surface area contributed by atoms with Crippen LogP contribution in [0.15, 0.2) is 50.7 Å². The van der Waals surface area contributed by atoms with Gasteiger partial charge in [0.2, 0.25) is 10.0 Å². The first-order chi connectivity index (χ1) is 14.4. The summed E-state index contributed by atoms with van der Waals surface area (Å²) in [5.74, 6) is 0.540. The van der Waals surface area contributed by atoms with Gasteiger partial charge in [0.15, 0.2) is 0 Å². The first-order valence-electron chi connectivity index (χ1n) is 10.2. The summed E-state index contributed by atoms with van der Waals surface area (Å²) in [5.41, 5.74) is 3.79. The SMILES string of the molecule is CCn1nc(-c2ccc(C)c(S(=O)(=O)NCc3ccco3)c2)c2c(c1=O)CCCC2. The molecule has 7 nitrogen and oxygen atoms in total. The van der Waals surface area contributed by atoms with Crippen LogP contribution in [0.25, 0.3) is 11.3 Å². The zero-order valence-corrected chi connectivity index (χ0v) is 18.0. The molecule has 3 aromatic rings. The molecule has 0 saturated heterocycles. The van der Waals surface area contributed by atoms with Gasteiger partial charge in [0, 0.05) is 17.7 Å². The predicted molar refractivity (Wildman–Crippen MR) is 114 cm³/mol. The first-order valence-corrected chi connectivity index (χ1v) is 11.6. The summed E-state index contributed by atoms with van der Waals surface area (Å²) < 4.78 is 35.2. The van der Waals surface area contributed by atoms with Crippen molar-refractivity contribution in [3.63, 3.8) is 0 Å². The Labute approximate surface area is 175 Å². The number of hydrogen-bond donors (Lipinski definition) is 1. The summed E-state index contributed by atoms with van der Waals surface area (Å²) in [6.45, 7) is 4.20. The second-order valence-electron chi connectivity index (χ2n) is 7.52. The van der Waals surface area contributed by atoms with Crippen molar-refractivity contribution in [1.29, 1.82) is 0 Å². The molecule has 0 fully saturated rings. The highest BCUT2D eigenvalue weighted by atomic mass is 32.2. The van der Waals surface area contributed by atoms with Crippen LogP contribution in [0.5, 0.6) is 0 Å². The minimum Gasteiger partial charge on any atom is -0.468 e. The lowest BCUT2D eigenvalue weighted by atomic mass is 9.89. The van der Waals surface area contributed by atoms with Crippen molar-refractivity contribution >= 4 is 10.0 Å². The fraction of sp³-hybridized carbons (Fsp3) is 0.364. The van der Waals surface area contributed by atoms with Crippen LogP contribution in [0.2, 0.25) is 0 Å². The minimum absolute atomic E-state index is 0.0315. The summed E-state index contributed by atoms with van der Waals surface area (Å²) in [7, 11) is -3.75. The summed E-state index contributed by atoms with van der Waals surface area (Å²) in [6, 6.07) is 8.75. The number of nitrogens with one attached hydrogen (secondary N) is 1. The molecule has 0 unspecified atom stereocenters. The van der Waals surface area contributed by atoms with Gasteiger partial charge >= 0.3 is 0 Å². The molecule has 1 aromatic carbocycles. The molecule has 8 heteroatoms. The van der Waals surface area contributed by atoms with Gasteiger partial charge in [0.25, 0.3) is 5.56 Å². The highest BCUT2D eigenvalue weighted by molar-refractivity contribution is 7.89. The van der Waals surface area contributed by atoms with E-state index in [1.165, 1.54) is 10.9 Å². The zero-order chi connectivity index (χ0) is 21.3. The van der Waals surface area contributed by atoms with E-state index in [0.29, 0.717) is 29.1 Å². The lowest BCUT2D eigenvalue weighted by molar-refractivity contribution is 0.498. The van der Waals surface area contributed by atoms with Crippen LogP contribution in [-0.2, 0) is 36.0 Å². The number of fused-ring (bicyclic) bond motifs is 1. The Kier molecular flexibility index (Phi) is 5.62. The lowest BCUT2D eigenvalue weighted by Gasteiger charge is -2.20. The van der Waals surface area contributed by atoms with Crippen LogP contribution in [0.4, 0.5) is 0 Å². The Morgan fingerprint density at radius 1 is 1.17 bits per heavy atom. The van der Waals surface area contributed by atoms with Gasteiger partial charge in [0.1, 0.15) is 5.76 Å². The number of aryl methyl sites for hydroxylation is 2. The van der Waals surface area contributed by atoms with Crippen LogP contribution in [-0.4, -0.2) is 18.2 Å². The van der Waals surface area contributed by atoms with E-state index in [1.54, 1.807) is 31.2 Å². The summed E-state index contributed by atoms with van der Waals surface area (Å²) in [4.78, 5) is 12.9. The molecular weight excluding hydrogens is 402 g/mol. The molecule has 1 N–H and O–H groups in total. The molecule has 0 bridgehead atoms. The average molecular weight is 428 g/mol. The van der Waals surface area contributed by atoms with E-state index in [1.807, 2.05) is 13.0 Å². The number of furan rings is 1. The van der Waals surface area contributed by atoms with Gasteiger partial charge < -0.3 is 4.42 Å². The van der Waals surface area contributed by atoms with Gasteiger partial charge in [-0.1, -0.05) is 12.1 Å². The van der Waals surface area contributed by atoms with Crippen molar-refractivity contribution in [2.24, 2.45) is 0 Å². The molecular formula is C22H25N3O4S. The van der Waals surface area contributed by atoms with Crippen LogP contribution in [0.3, 0.4) is 0 Å². The molecule has 1 aliphatic carbocycles. The third-order valence-electron chi connectivity index (χ3n) is 5.53. The maximum atomic E-state index is 13.0. The van der Waals surface area contributed by atoms with E-state index >= 15 is 0 Å². The highest BCUT2D eigenvalue weighted by Crippen LogP contribution is 2.30. The van der Waals surface area contributed by atoms with Gasteiger partial charge in [-0.15, -0.1) is 0 Å². The third kappa shape index (κ3) is 3.85. The Morgan fingerprint density at radius 3 is 2.63 bits per heavy atom. The van der Waals surface area contributed by atoms with Crippen molar-refractivity contribution in [2.75, 3.05) is 0 Å². The van der Waals surface area contributed by atoms with Gasteiger partial charge in [-0.05, 0) is 68.9 Å². The molecule has 0 spiro atoms. The Morgan fingerprint density at radius 2 is 1.93 bits per heavy atom. The van der Waals surface area contributed by atoms with Crippen LogP contribution in [0.1, 0.15) is 42.2 Å². The number of hydrogen-bond acceptors (Lipinski definition) is 5. The van der Waals surface area contributed by atoms with Crippen LogP contribution >= 0.6 is 0 Å². The quantitative estimate of drug-likeness (QED) is 0.652. The molecule has 1 aliphatic rings. The number of nitrogens with zero attached hydrogens (tertiary/aromatic N) is 2. The fourth-order valence-electron chi connectivity index (χ4n) is 3.93. The second kappa shape index (κ2) is 8.20. The summed E-state index contributed by atoms with van der Waals surface area (Å²) in [5, 5.41) is 4.59. The molecule has 0 atom stereocenters. The average Bonchev–Trinajstić information content (AvgIpc) is 3.27. The van der Waals surface area contributed by atoms with Gasteiger partial charge in [0.05, 0.1) is 23.4 Å². The molecule has 0 saturated carbocycles. The van der Waals surface area contributed by atoms with E-state index < -0.39 is 10.0 Å². The first kappa shape index (κ1) is 20.6. The molecule has 30 heavy (non-hydrogen) atoms. The second-order valence-corrected chi connectivity index (χ2v) is 9.25. The number of benzene rings is 1. The van der Waals surface area contributed by atoms with E-state index in [-0.39, 0.29) is 17.0 Å². The fourth-order valence-corrected chi connectivity index (χ4v) is 5.19. The monoisotopic (exact) mass is 427 g/mol. The molecule has 2 aromatic heterocycles. The summed E-state index contributed by atoms with van der Waals surface area (Å²) in [6.07, 6.45) is 5.02. The number of aromatic nitrogens is 2. The summed E-state index contributed by atoms with van der Waals surface area (Å²) >= 11 is 0. The van der Waals surface area contributed by atoms with Gasteiger partial charge in [-0.25, -0.2) is 17.8 Å². The maximum Gasteiger partial charge on any atom is 0.270 e. The van der Waals surface area contributed by atoms with Crippen LogP contribution in [0, 0.1) is 6.92 Å². The normalized spacial score (nSPS) is 13.9. The molecule has 2 heterocycles. The standard InChI is InChI=1S/C22H25N3O4S/c1-3-25-22(26)19-9-5-4-8-18(19)21(24-25)16-11-10-15(2)20(13-16)30(27,28)23-14-17-7-6-12-29-17/h6-7,10-13,23H,3-5,8-9,14H2,1-2H3. The smallest absolute Gasteiger partial charge is 0.270 e. The van der Waals surface area contributed by atoms with Crippen molar-refractivity contribution < 1.29 is 12.8 Å². The minimum atomic E-state index is -3.75. The van der Waals surface area contributed by atoms with Crippen molar-refractivity contribution in [3.8, 4) is 11.3 Å². The molecule has 0 amide bonds. The Bertz CT molecular complexity index is 1230. The van der Waals surface area contributed by atoms with Gasteiger partial charge in [-0.3, -0.25) is 4.79 Å². The number of rotatable bonds is 6. The maximum absolute atomic E-state index is 13.0. The van der Waals surface area contributed by atoms with E-state index in [4.69, 9.17) is 4.42 Å². The predicted octanol–water partition coefficient (Wildman–Crippen LogP) is 3.19. The largest absolute Gasteiger partial charge is 0.468 e.